The van der Waals surface area contributed by atoms with Crippen LogP contribution in [-0.4, -0.2) is 37.1 Å². The minimum Gasteiger partial charge on any atom is -0.493 e. The van der Waals surface area contributed by atoms with Crippen molar-refractivity contribution in [3.8, 4) is 5.75 Å². The minimum absolute atomic E-state index is 0.0943. The van der Waals surface area contributed by atoms with Gasteiger partial charge in [0.05, 0.1) is 6.61 Å². The van der Waals surface area contributed by atoms with Crippen molar-refractivity contribution in [1.82, 2.24) is 15.6 Å². The van der Waals surface area contributed by atoms with Crippen LogP contribution in [0.5, 0.6) is 5.75 Å². The van der Waals surface area contributed by atoms with E-state index in [0.29, 0.717) is 37.2 Å². The number of hydrogen-bond acceptors (Lipinski definition) is 4. The summed E-state index contributed by atoms with van der Waals surface area (Å²) in [4.78, 5) is 20.5. The Morgan fingerprint density at radius 2 is 2.03 bits per heavy atom. The lowest BCUT2D eigenvalue weighted by atomic mass is 10.2. The lowest BCUT2D eigenvalue weighted by Crippen LogP contribution is -2.38. The number of ether oxygens (including phenoxy) is 1. The fraction of sp³-hybridized carbons (Fsp3) is 0.409. The van der Waals surface area contributed by atoms with E-state index in [1.54, 1.807) is 19.3 Å². The van der Waals surface area contributed by atoms with Gasteiger partial charge in [-0.2, -0.15) is 0 Å². The molecule has 0 radical (unpaired) electrons. The number of para-hydroxylation sites is 1. The van der Waals surface area contributed by atoms with E-state index in [-0.39, 0.29) is 5.91 Å². The van der Waals surface area contributed by atoms with Gasteiger partial charge in [0, 0.05) is 38.3 Å². The average Bonchev–Trinajstić information content (AvgIpc) is 3.56. The van der Waals surface area contributed by atoms with Gasteiger partial charge in [0.25, 0.3) is 0 Å². The zero-order valence-electron chi connectivity index (χ0n) is 17.1. The molecule has 7 nitrogen and oxygen atoms in total. The van der Waals surface area contributed by atoms with Crippen LogP contribution in [0.15, 0.2) is 47.6 Å². The molecule has 1 saturated carbocycles. The summed E-state index contributed by atoms with van der Waals surface area (Å²) in [7, 11) is 1.71. The second-order valence-electron chi connectivity index (χ2n) is 7.23. The summed E-state index contributed by atoms with van der Waals surface area (Å²) in [5, 5.41) is 9.22. The maximum Gasteiger partial charge on any atom is 0.227 e. The molecule has 1 fully saturated rings. The quantitative estimate of drug-likeness (QED) is 0.449. The van der Waals surface area contributed by atoms with Crippen molar-refractivity contribution in [3.63, 3.8) is 0 Å². The Kier molecular flexibility index (Phi) is 7.44. The molecule has 0 bridgehead atoms. The molecule has 3 N–H and O–H groups in total. The smallest absolute Gasteiger partial charge is 0.227 e. The normalized spacial score (nSPS) is 13.7. The van der Waals surface area contributed by atoms with Crippen molar-refractivity contribution in [2.45, 2.75) is 32.7 Å². The van der Waals surface area contributed by atoms with E-state index in [4.69, 9.17) is 4.74 Å². The van der Waals surface area contributed by atoms with Crippen molar-refractivity contribution in [3.05, 3.63) is 53.7 Å². The molecule has 154 valence electrons. The van der Waals surface area contributed by atoms with Crippen LogP contribution in [0.1, 0.15) is 30.4 Å². The van der Waals surface area contributed by atoms with Gasteiger partial charge in [-0.15, -0.1) is 0 Å². The second-order valence-corrected chi connectivity index (χ2v) is 7.23. The highest BCUT2D eigenvalue weighted by atomic mass is 16.5. The van der Waals surface area contributed by atoms with Gasteiger partial charge in [-0.05, 0) is 43.4 Å². The Morgan fingerprint density at radius 1 is 1.21 bits per heavy atom. The topological polar surface area (TPSA) is 87.6 Å². The second kappa shape index (κ2) is 10.5. The number of amides is 1. The summed E-state index contributed by atoms with van der Waals surface area (Å²) in [6, 6.07) is 11.7. The van der Waals surface area contributed by atoms with Crippen LogP contribution in [-0.2, 0) is 11.3 Å². The molecule has 0 aliphatic heterocycles. The number of pyridine rings is 1. The Bertz CT molecular complexity index is 831. The van der Waals surface area contributed by atoms with Crippen molar-refractivity contribution in [2.24, 2.45) is 10.9 Å². The number of aromatic nitrogens is 1. The number of rotatable bonds is 9. The molecule has 7 heteroatoms. The van der Waals surface area contributed by atoms with Crippen LogP contribution in [0.4, 0.5) is 5.82 Å². The number of hydrogen-bond donors (Lipinski definition) is 3. The lowest BCUT2D eigenvalue weighted by molar-refractivity contribution is -0.116. The number of nitrogens with zero attached hydrogens (tertiary/aromatic N) is 2. The summed E-state index contributed by atoms with van der Waals surface area (Å²) < 4.78 is 5.94. The van der Waals surface area contributed by atoms with E-state index < -0.39 is 0 Å². The highest BCUT2D eigenvalue weighted by molar-refractivity contribution is 5.90. The molecule has 1 aliphatic carbocycles. The van der Waals surface area contributed by atoms with Crippen LogP contribution in [0.2, 0.25) is 0 Å². The van der Waals surface area contributed by atoms with E-state index in [2.05, 4.69) is 25.9 Å². The third-order valence-electron chi connectivity index (χ3n) is 4.64. The molecule has 1 aromatic carbocycles. The first-order chi connectivity index (χ1) is 14.1. The fourth-order valence-corrected chi connectivity index (χ4v) is 2.72. The molecule has 1 amide bonds. The van der Waals surface area contributed by atoms with Crippen LogP contribution >= 0.6 is 0 Å². The van der Waals surface area contributed by atoms with Crippen molar-refractivity contribution in [2.75, 3.05) is 25.5 Å². The van der Waals surface area contributed by atoms with Gasteiger partial charge in [-0.3, -0.25) is 9.79 Å². The molecule has 0 unspecified atom stereocenters. The monoisotopic (exact) mass is 395 g/mol. The Morgan fingerprint density at radius 3 is 2.76 bits per heavy atom. The molecule has 0 atom stereocenters. The molecule has 1 aliphatic rings. The minimum atomic E-state index is -0.0943. The van der Waals surface area contributed by atoms with Gasteiger partial charge >= 0.3 is 0 Å². The summed E-state index contributed by atoms with van der Waals surface area (Å²) in [5.41, 5.74) is 2.14. The van der Waals surface area contributed by atoms with Crippen LogP contribution in [0.25, 0.3) is 0 Å². The molecular formula is C22H29N5O2. The van der Waals surface area contributed by atoms with Crippen LogP contribution in [0, 0.1) is 12.8 Å². The van der Waals surface area contributed by atoms with E-state index in [1.165, 1.54) is 12.8 Å². The van der Waals surface area contributed by atoms with Gasteiger partial charge in [0.2, 0.25) is 5.91 Å². The zero-order valence-corrected chi connectivity index (χ0v) is 17.1. The zero-order chi connectivity index (χ0) is 20.5. The number of guanidine groups is 1. The molecule has 1 heterocycles. The molecule has 0 saturated heterocycles. The number of carbonyl (C=O) groups excluding carboxylic acids is 1. The summed E-state index contributed by atoms with van der Waals surface area (Å²) >= 11 is 0. The predicted octanol–water partition coefficient (Wildman–Crippen LogP) is 2.87. The molecule has 2 aromatic rings. The summed E-state index contributed by atoms with van der Waals surface area (Å²) in [6.07, 6.45) is 4.58. The Labute approximate surface area is 172 Å². The van der Waals surface area contributed by atoms with Gasteiger partial charge in [-0.1, -0.05) is 24.3 Å². The third kappa shape index (κ3) is 7.10. The van der Waals surface area contributed by atoms with E-state index >= 15 is 0 Å². The maximum atomic E-state index is 12.1. The van der Waals surface area contributed by atoms with Crippen molar-refractivity contribution >= 4 is 17.7 Å². The fourth-order valence-electron chi connectivity index (χ4n) is 2.72. The van der Waals surface area contributed by atoms with Gasteiger partial charge in [0.1, 0.15) is 11.6 Å². The highest BCUT2D eigenvalue weighted by Gasteiger charge is 2.22. The Hall–Kier alpha value is -3.09. The van der Waals surface area contributed by atoms with Crippen LogP contribution < -0.4 is 20.7 Å². The van der Waals surface area contributed by atoms with E-state index in [9.17, 15) is 4.79 Å². The first kappa shape index (κ1) is 20.6. The van der Waals surface area contributed by atoms with Crippen molar-refractivity contribution in [1.29, 1.82) is 0 Å². The lowest BCUT2D eigenvalue weighted by Gasteiger charge is -2.14. The number of anilines is 1. The summed E-state index contributed by atoms with van der Waals surface area (Å²) in [5.74, 6) is 2.73. The van der Waals surface area contributed by atoms with Crippen molar-refractivity contribution < 1.29 is 9.53 Å². The number of nitrogens with one attached hydrogen (secondary N) is 3. The van der Waals surface area contributed by atoms with Gasteiger partial charge < -0.3 is 20.7 Å². The van der Waals surface area contributed by atoms with E-state index in [0.717, 1.165) is 23.5 Å². The standard InChI is InChI=1S/C22H29N5O2/c1-16-7-10-20(25-13-16)27-21(28)11-12-24-22(23-2)26-14-18-5-3-4-6-19(18)29-15-17-8-9-17/h3-7,10,13,17H,8-9,11-12,14-15H2,1-2H3,(H2,23,24,26)(H,25,27,28). The molecule has 3 rings (SSSR count). The van der Waals surface area contributed by atoms with Gasteiger partial charge in [0.15, 0.2) is 5.96 Å². The predicted molar refractivity (Wildman–Crippen MR) is 115 cm³/mol. The largest absolute Gasteiger partial charge is 0.493 e. The molecule has 0 spiro atoms. The number of aliphatic imine (C=N–C) groups is 1. The number of carbonyl (C=O) groups is 1. The molecular weight excluding hydrogens is 366 g/mol. The molecule has 29 heavy (non-hydrogen) atoms. The first-order valence-electron chi connectivity index (χ1n) is 10.0. The maximum absolute atomic E-state index is 12.1. The van der Waals surface area contributed by atoms with Crippen LogP contribution in [0.3, 0.4) is 0 Å². The third-order valence-corrected chi connectivity index (χ3v) is 4.64. The SMILES string of the molecule is CN=C(NCCC(=O)Nc1ccc(C)cn1)NCc1ccccc1OCC1CC1. The first-order valence-corrected chi connectivity index (χ1v) is 10.0. The Balaban J connectivity index is 1.40. The summed E-state index contributed by atoms with van der Waals surface area (Å²) in [6.45, 7) is 3.81. The average molecular weight is 396 g/mol. The van der Waals surface area contributed by atoms with Gasteiger partial charge in [-0.25, -0.2) is 4.98 Å². The number of aryl methyl sites for hydroxylation is 1. The van der Waals surface area contributed by atoms with E-state index in [1.807, 2.05) is 37.3 Å². The highest BCUT2D eigenvalue weighted by Crippen LogP contribution is 2.30. The number of benzene rings is 1. The molecule has 1 aromatic heterocycles.